The zero-order chi connectivity index (χ0) is 20.8. The number of carbonyl (C=O) groups is 2. The van der Waals surface area contributed by atoms with Crippen molar-refractivity contribution in [3.05, 3.63) is 59.2 Å². The third kappa shape index (κ3) is 5.37. The Morgan fingerprint density at radius 2 is 1.69 bits per heavy atom. The van der Waals surface area contributed by atoms with E-state index in [9.17, 15) is 9.59 Å². The number of para-hydroxylation sites is 1. The molecule has 0 bridgehead atoms. The van der Waals surface area contributed by atoms with Crippen molar-refractivity contribution in [3.63, 3.8) is 0 Å². The van der Waals surface area contributed by atoms with E-state index in [1.807, 2.05) is 49.9 Å². The molecule has 1 aliphatic heterocycles. The van der Waals surface area contributed by atoms with Gasteiger partial charge in [-0.15, -0.1) is 0 Å². The van der Waals surface area contributed by atoms with Crippen LogP contribution in [-0.2, 0) is 4.79 Å². The second-order valence-electron chi connectivity index (χ2n) is 7.73. The molecule has 0 saturated carbocycles. The minimum atomic E-state index is -0.630. The number of amides is 2. The van der Waals surface area contributed by atoms with Gasteiger partial charge in [0.1, 0.15) is 5.75 Å². The number of rotatable bonds is 6. The molecule has 5 heteroatoms. The second kappa shape index (κ2) is 9.59. The van der Waals surface area contributed by atoms with E-state index in [1.165, 1.54) is 0 Å². The zero-order valence-corrected chi connectivity index (χ0v) is 17.5. The summed E-state index contributed by atoms with van der Waals surface area (Å²) in [7, 11) is 0. The Bertz CT molecular complexity index is 852. The van der Waals surface area contributed by atoms with Crippen molar-refractivity contribution in [3.8, 4) is 5.75 Å². The monoisotopic (exact) mass is 394 g/mol. The molecular weight excluding hydrogens is 364 g/mol. The maximum atomic E-state index is 13.0. The molecule has 2 aromatic rings. The van der Waals surface area contributed by atoms with Crippen molar-refractivity contribution in [2.75, 3.05) is 18.4 Å². The van der Waals surface area contributed by atoms with Crippen LogP contribution in [0.1, 0.15) is 54.1 Å². The molecule has 3 rings (SSSR count). The lowest BCUT2D eigenvalue weighted by Gasteiger charge is -2.27. The van der Waals surface area contributed by atoms with Crippen molar-refractivity contribution in [1.82, 2.24) is 4.90 Å². The highest BCUT2D eigenvalue weighted by Gasteiger charge is 2.24. The molecule has 0 radical (unpaired) electrons. The van der Waals surface area contributed by atoms with Crippen LogP contribution >= 0.6 is 0 Å². The van der Waals surface area contributed by atoms with Crippen molar-refractivity contribution in [2.45, 2.75) is 52.6 Å². The van der Waals surface area contributed by atoms with E-state index in [4.69, 9.17) is 4.74 Å². The topological polar surface area (TPSA) is 58.6 Å². The van der Waals surface area contributed by atoms with E-state index in [2.05, 4.69) is 11.4 Å². The second-order valence-corrected chi connectivity index (χ2v) is 7.73. The molecule has 1 fully saturated rings. The van der Waals surface area contributed by atoms with Gasteiger partial charge in [-0.2, -0.15) is 0 Å². The van der Waals surface area contributed by atoms with Crippen molar-refractivity contribution in [1.29, 1.82) is 0 Å². The zero-order valence-electron chi connectivity index (χ0n) is 17.5. The van der Waals surface area contributed by atoms with Gasteiger partial charge >= 0.3 is 0 Å². The van der Waals surface area contributed by atoms with E-state index >= 15 is 0 Å². The van der Waals surface area contributed by atoms with Crippen molar-refractivity contribution < 1.29 is 14.3 Å². The number of hydrogen-bond donors (Lipinski definition) is 1. The smallest absolute Gasteiger partial charge is 0.265 e. The molecule has 1 saturated heterocycles. The van der Waals surface area contributed by atoms with Crippen LogP contribution in [0.2, 0.25) is 0 Å². The first kappa shape index (κ1) is 20.9. The van der Waals surface area contributed by atoms with Crippen LogP contribution in [0.5, 0.6) is 5.75 Å². The van der Waals surface area contributed by atoms with Gasteiger partial charge in [-0.05, 0) is 74.9 Å². The van der Waals surface area contributed by atoms with Gasteiger partial charge < -0.3 is 15.0 Å². The van der Waals surface area contributed by atoms with Gasteiger partial charge in [-0.25, -0.2) is 0 Å². The first-order valence-corrected chi connectivity index (χ1v) is 10.4. The lowest BCUT2D eigenvalue weighted by molar-refractivity contribution is -0.122. The summed E-state index contributed by atoms with van der Waals surface area (Å²) in [5.41, 5.74) is 3.25. The largest absolute Gasteiger partial charge is 0.481 e. The fraction of sp³-hybridized carbons (Fsp3) is 0.417. The molecule has 1 heterocycles. The maximum Gasteiger partial charge on any atom is 0.265 e. The molecule has 5 nitrogen and oxygen atoms in total. The Hall–Kier alpha value is -2.82. The molecule has 0 aromatic heterocycles. The minimum absolute atomic E-state index is 0.0242. The summed E-state index contributed by atoms with van der Waals surface area (Å²) in [6.07, 6.45) is 3.12. The highest BCUT2D eigenvalue weighted by molar-refractivity contribution is 6.04. The first-order chi connectivity index (χ1) is 14.0. The number of nitrogens with one attached hydrogen (secondary N) is 1. The molecule has 2 amide bonds. The average Bonchev–Trinajstić information content (AvgIpc) is 2.71. The number of benzene rings is 2. The summed E-state index contributed by atoms with van der Waals surface area (Å²) in [5.74, 6) is 0.414. The van der Waals surface area contributed by atoms with Gasteiger partial charge in [0, 0.05) is 13.1 Å². The summed E-state index contributed by atoms with van der Waals surface area (Å²) in [4.78, 5) is 27.7. The number of hydrogen-bond acceptors (Lipinski definition) is 3. The molecule has 0 aliphatic carbocycles. The number of aryl methyl sites for hydroxylation is 2. The highest BCUT2D eigenvalue weighted by Crippen LogP contribution is 2.22. The molecule has 1 N–H and O–H groups in total. The number of likely N-dealkylation sites (tertiary alicyclic amines) is 1. The minimum Gasteiger partial charge on any atom is -0.481 e. The standard InChI is InChI=1S/C24H30N2O3/c1-4-22(29-19-15-17(2)14-18(3)16-19)23(27)25-21-11-7-6-10-20(21)24(28)26-12-8-5-9-13-26/h6-7,10-11,14-16,22H,4-5,8-9,12-13H2,1-3H3,(H,25,27)/t22-/m1/s1. The summed E-state index contributed by atoms with van der Waals surface area (Å²) >= 11 is 0. The summed E-state index contributed by atoms with van der Waals surface area (Å²) < 4.78 is 5.97. The molecule has 154 valence electrons. The van der Waals surface area contributed by atoms with Gasteiger partial charge in [0.05, 0.1) is 11.3 Å². The molecule has 1 aliphatic rings. The summed E-state index contributed by atoms with van der Waals surface area (Å²) in [6.45, 7) is 7.47. The fourth-order valence-corrected chi connectivity index (χ4v) is 3.75. The number of anilines is 1. The number of carbonyl (C=O) groups excluding carboxylic acids is 2. The fourth-order valence-electron chi connectivity index (χ4n) is 3.75. The number of piperidine rings is 1. The van der Waals surface area contributed by atoms with Crippen LogP contribution in [0.15, 0.2) is 42.5 Å². The predicted molar refractivity (Wildman–Crippen MR) is 115 cm³/mol. The Morgan fingerprint density at radius 1 is 1.03 bits per heavy atom. The van der Waals surface area contributed by atoms with Crippen LogP contribution in [0.3, 0.4) is 0 Å². The molecular formula is C24H30N2O3. The molecule has 2 aromatic carbocycles. The Balaban J connectivity index is 1.74. The number of ether oxygens (including phenoxy) is 1. The maximum absolute atomic E-state index is 13.0. The summed E-state index contributed by atoms with van der Waals surface area (Å²) in [5, 5.41) is 2.92. The van der Waals surface area contributed by atoms with Crippen LogP contribution in [0.25, 0.3) is 0 Å². The van der Waals surface area contributed by atoms with E-state index in [1.54, 1.807) is 12.1 Å². The van der Waals surface area contributed by atoms with E-state index in [-0.39, 0.29) is 11.8 Å². The summed E-state index contributed by atoms with van der Waals surface area (Å²) in [6, 6.07) is 13.1. The predicted octanol–water partition coefficient (Wildman–Crippen LogP) is 4.73. The van der Waals surface area contributed by atoms with E-state index in [0.29, 0.717) is 23.4 Å². The normalized spacial score (nSPS) is 14.9. The number of nitrogens with zero attached hydrogens (tertiary/aromatic N) is 1. The Labute approximate surface area is 173 Å². The first-order valence-electron chi connectivity index (χ1n) is 10.4. The molecule has 0 unspecified atom stereocenters. The Kier molecular flexibility index (Phi) is 6.91. The van der Waals surface area contributed by atoms with Crippen molar-refractivity contribution in [2.24, 2.45) is 0 Å². The van der Waals surface area contributed by atoms with Crippen LogP contribution in [-0.4, -0.2) is 35.9 Å². The third-order valence-corrected chi connectivity index (χ3v) is 5.20. The van der Waals surface area contributed by atoms with Gasteiger partial charge in [-0.1, -0.05) is 25.1 Å². The molecule has 1 atom stereocenters. The highest BCUT2D eigenvalue weighted by atomic mass is 16.5. The molecule has 29 heavy (non-hydrogen) atoms. The third-order valence-electron chi connectivity index (χ3n) is 5.20. The van der Waals surface area contributed by atoms with Gasteiger partial charge in [0.2, 0.25) is 0 Å². The van der Waals surface area contributed by atoms with E-state index < -0.39 is 6.10 Å². The molecule has 0 spiro atoms. The van der Waals surface area contributed by atoms with Crippen LogP contribution in [0, 0.1) is 13.8 Å². The quantitative estimate of drug-likeness (QED) is 0.771. The van der Waals surface area contributed by atoms with Gasteiger partial charge in [0.15, 0.2) is 6.10 Å². The lowest BCUT2D eigenvalue weighted by atomic mass is 10.1. The van der Waals surface area contributed by atoms with Gasteiger partial charge in [0.25, 0.3) is 11.8 Å². The van der Waals surface area contributed by atoms with Crippen LogP contribution < -0.4 is 10.1 Å². The average molecular weight is 395 g/mol. The van der Waals surface area contributed by atoms with E-state index in [0.717, 1.165) is 43.5 Å². The lowest BCUT2D eigenvalue weighted by Crippen LogP contribution is -2.37. The van der Waals surface area contributed by atoms with Crippen LogP contribution in [0.4, 0.5) is 5.69 Å². The van der Waals surface area contributed by atoms with Crippen molar-refractivity contribution >= 4 is 17.5 Å². The Morgan fingerprint density at radius 3 is 2.34 bits per heavy atom. The van der Waals surface area contributed by atoms with Gasteiger partial charge in [-0.3, -0.25) is 9.59 Å². The SMILES string of the molecule is CC[C@@H](Oc1cc(C)cc(C)c1)C(=O)Nc1ccccc1C(=O)N1CCCCC1.